The molecule has 0 atom stereocenters. The maximum Gasteiger partial charge on any atom is 0.309 e. The van der Waals surface area contributed by atoms with Gasteiger partial charge in [0.2, 0.25) is 0 Å². The molecule has 0 amide bonds. The van der Waals surface area contributed by atoms with Gasteiger partial charge in [-0.3, -0.25) is 9.59 Å². The van der Waals surface area contributed by atoms with E-state index >= 15 is 0 Å². The molecule has 106 valence electrons. The molecule has 2 aromatic rings. The van der Waals surface area contributed by atoms with Crippen molar-refractivity contribution >= 4 is 16.9 Å². The molecule has 0 radical (unpaired) electrons. The van der Waals surface area contributed by atoms with E-state index in [4.69, 9.17) is 5.11 Å². The Morgan fingerprint density at radius 1 is 1.35 bits per heavy atom. The van der Waals surface area contributed by atoms with Gasteiger partial charge in [0.15, 0.2) is 5.43 Å². The van der Waals surface area contributed by atoms with Crippen molar-refractivity contribution < 1.29 is 14.3 Å². The zero-order valence-electron chi connectivity index (χ0n) is 11.2. The summed E-state index contributed by atoms with van der Waals surface area (Å²) in [6, 6.07) is 5.31. The van der Waals surface area contributed by atoms with Crippen LogP contribution in [0.3, 0.4) is 0 Å². The van der Waals surface area contributed by atoms with E-state index in [9.17, 15) is 14.0 Å². The van der Waals surface area contributed by atoms with Crippen LogP contribution in [0.25, 0.3) is 10.9 Å². The van der Waals surface area contributed by atoms with E-state index in [-0.39, 0.29) is 11.8 Å². The molecule has 4 nitrogen and oxygen atoms in total. The molecule has 0 aliphatic heterocycles. The minimum atomic E-state index is -1.01. The van der Waals surface area contributed by atoms with Crippen LogP contribution in [-0.4, -0.2) is 15.6 Å². The van der Waals surface area contributed by atoms with Crippen LogP contribution in [0.4, 0.5) is 4.39 Å². The van der Waals surface area contributed by atoms with Gasteiger partial charge in [-0.1, -0.05) is 13.3 Å². The smallest absolute Gasteiger partial charge is 0.309 e. The van der Waals surface area contributed by atoms with Crippen molar-refractivity contribution in [2.24, 2.45) is 0 Å². The average Bonchev–Trinajstić information content (AvgIpc) is 2.37. The molecule has 2 rings (SSSR count). The number of aliphatic carboxylic acids is 1. The minimum absolute atomic E-state index is 0.245. The highest BCUT2D eigenvalue weighted by Gasteiger charge is 2.12. The van der Waals surface area contributed by atoms with Gasteiger partial charge in [-0.2, -0.15) is 0 Å². The number of pyridine rings is 1. The largest absolute Gasteiger partial charge is 0.481 e. The average molecular weight is 277 g/mol. The Hall–Kier alpha value is -2.17. The van der Waals surface area contributed by atoms with Gasteiger partial charge in [0.25, 0.3) is 0 Å². The van der Waals surface area contributed by atoms with Gasteiger partial charge in [-0.15, -0.1) is 0 Å². The number of carboxylic acid groups (broad SMARTS) is 1. The highest BCUT2D eigenvalue weighted by Crippen LogP contribution is 2.16. The van der Waals surface area contributed by atoms with Gasteiger partial charge < -0.3 is 9.67 Å². The zero-order chi connectivity index (χ0) is 14.7. The lowest BCUT2D eigenvalue weighted by Gasteiger charge is -2.15. The number of unbranched alkanes of at least 4 members (excludes halogenated alkanes) is 1. The number of carboxylic acids is 1. The Balaban J connectivity index is 2.70. The fourth-order valence-corrected chi connectivity index (χ4v) is 2.28. The standard InChI is InChI=1S/C15H16FNO3/c1-2-3-6-17-11(9-15(19)20)8-14(18)12-5-4-10(16)7-13(12)17/h4-5,7-8H,2-3,6,9H2,1H3,(H,19,20). The Morgan fingerprint density at radius 3 is 2.75 bits per heavy atom. The van der Waals surface area contributed by atoms with Crippen molar-refractivity contribution in [2.75, 3.05) is 0 Å². The minimum Gasteiger partial charge on any atom is -0.481 e. The van der Waals surface area contributed by atoms with Crippen molar-refractivity contribution in [3.8, 4) is 0 Å². The van der Waals surface area contributed by atoms with Gasteiger partial charge in [0, 0.05) is 23.7 Å². The van der Waals surface area contributed by atoms with Gasteiger partial charge >= 0.3 is 5.97 Å². The van der Waals surface area contributed by atoms with E-state index in [1.165, 1.54) is 24.3 Å². The first-order chi connectivity index (χ1) is 9.52. The van der Waals surface area contributed by atoms with Gasteiger partial charge in [-0.05, 0) is 24.6 Å². The Labute approximate surface area is 115 Å². The number of benzene rings is 1. The summed E-state index contributed by atoms with van der Waals surface area (Å²) in [5.41, 5.74) is 0.597. The number of carbonyl (C=O) groups is 1. The fourth-order valence-electron chi connectivity index (χ4n) is 2.28. The number of aryl methyl sites for hydroxylation is 1. The summed E-state index contributed by atoms with van der Waals surface area (Å²) in [4.78, 5) is 22.9. The topological polar surface area (TPSA) is 59.3 Å². The van der Waals surface area contributed by atoms with Crippen LogP contribution in [0.2, 0.25) is 0 Å². The zero-order valence-corrected chi connectivity index (χ0v) is 11.2. The molecule has 1 aromatic heterocycles. The van der Waals surface area contributed by atoms with Crippen molar-refractivity contribution in [2.45, 2.75) is 32.7 Å². The second kappa shape index (κ2) is 5.86. The van der Waals surface area contributed by atoms with Crippen LogP contribution in [0.1, 0.15) is 25.5 Å². The van der Waals surface area contributed by atoms with Crippen molar-refractivity contribution in [3.63, 3.8) is 0 Å². The first-order valence-corrected chi connectivity index (χ1v) is 6.56. The van der Waals surface area contributed by atoms with Gasteiger partial charge in [-0.25, -0.2) is 4.39 Å². The molecular formula is C15H16FNO3. The third-order valence-corrected chi connectivity index (χ3v) is 3.23. The molecule has 0 unspecified atom stereocenters. The summed E-state index contributed by atoms with van der Waals surface area (Å²) in [5, 5.41) is 9.36. The van der Waals surface area contributed by atoms with Crippen LogP contribution >= 0.6 is 0 Å². The molecule has 5 heteroatoms. The van der Waals surface area contributed by atoms with E-state index in [0.717, 1.165) is 12.8 Å². The number of rotatable bonds is 5. The number of aromatic nitrogens is 1. The predicted molar refractivity (Wildman–Crippen MR) is 74.4 cm³/mol. The maximum atomic E-state index is 13.4. The lowest BCUT2D eigenvalue weighted by atomic mass is 10.1. The van der Waals surface area contributed by atoms with Gasteiger partial charge in [0.05, 0.1) is 11.9 Å². The molecule has 0 saturated heterocycles. The lowest BCUT2D eigenvalue weighted by molar-refractivity contribution is -0.136. The van der Waals surface area contributed by atoms with E-state index in [0.29, 0.717) is 23.1 Å². The van der Waals surface area contributed by atoms with Gasteiger partial charge in [0.1, 0.15) is 5.82 Å². The van der Waals surface area contributed by atoms with E-state index in [1.54, 1.807) is 4.57 Å². The first-order valence-electron chi connectivity index (χ1n) is 6.56. The van der Waals surface area contributed by atoms with Crippen LogP contribution in [0, 0.1) is 5.82 Å². The molecule has 1 aromatic carbocycles. The molecule has 0 fully saturated rings. The Kier molecular flexibility index (Phi) is 4.17. The van der Waals surface area contributed by atoms with E-state index < -0.39 is 11.8 Å². The maximum absolute atomic E-state index is 13.4. The summed E-state index contributed by atoms with van der Waals surface area (Å²) in [6.45, 7) is 2.58. The SMILES string of the molecule is CCCCn1c(CC(=O)O)cc(=O)c2ccc(F)cc21. The molecule has 1 heterocycles. The summed E-state index contributed by atoms with van der Waals surface area (Å²) >= 11 is 0. The molecular weight excluding hydrogens is 261 g/mol. The Bertz CT molecular complexity index is 706. The van der Waals surface area contributed by atoms with Crippen LogP contribution in [0.5, 0.6) is 0 Å². The molecule has 0 bridgehead atoms. The first kappa shape index (κ1) is 14.2. The monoisotopic (exact) mass is 277 g/mol. The number of halogens is 1. The summed E-state index contributed by atoms with van der Waals surface area (Å²) in [5.74, 6) is -1.44. The quantitative estimate of drug-likeness (QED) is 0.913. The second-order valence-corrected chi connectivity index (χ2v) is 4.74. The van der Waals surface area contributed by atoms with E-state index in [1.807, 2.05) is 6.92 Å². The predicted octanol–water partition coefficient (Wildman–Crippen LogP) is 2.57. The summed E-state index contributed by atoms with van der Waals surface area (Å²) in [6.07, 6.45) is 1.52. The normalized spacial score (nSPS) is 10.9. The highest BCUT2D eigenvalue weighted by molar-refractivity contribution is 5.80. The lowest BCUT2D eigenvalue weighted by Crippen LogP contribution is -2.17. The molecule has 0 spiro atoms. The van der Waals surface area contributed by atoms with Crippen molar-refractivity contribution in [1.29, 1.82) is 0 Å². The second-order valence-electron chi connectivity index (χ2n) is 4.74. The van der Waals surface area contributed by atoms with Crippen molar-refractivity contribution in [3.05, 3.63) is 46.0 Å². The van der Waals surface area contributed by atoms with Crippen molar-refractivity contribution in [1.82, 2.24) is 4.57 Å². The molecule has 0 aliphatic rings. The highest BCUT2D eigenvalue weighted by atomic mass is 19.1. The third-order valence-electron chi connectivity index (χ3n) is 3.23. The number of hydrogen-bond acceptors (Lipinski definition) is 2. The fraction of sp³-hybridized carbons (Fsp3) is 0.333. The number of hydrogen-bond donors (Lipinski definition) is 1. The van der Waals surface area contributed by atoms with E-state index in [2.05, 4.69) is 0 Å². The number of nitrogens with zero attached hydrogens (tertiary/aromatic N) is 1. The Morgan fingerprint density at radius 2 is 2.10 bits per heavy atom. The summed E-state index contributed by atoms with van der Waals surface area (Å²) < 4.78 is 15.2. The number of fused-ring (bicyclic) bond motifs is 1. The van der Waals surface area contributed by atoms with Crippen LogP contribution < -0.4 is 5.43 Å². The molecule has 0 saturated carbocycles. The summed E-state index contributed by atoms with van der Waals surface area (Å²) in [7, 11) is 0. The van der Waals surface area contributed by atoms with Crippen LogP contribution in [0.15, 0.2) is 29.1 Å². The molecule has 1 N–H and O–H groups in total. The molecule has 20 heavy (non-hydrogen) atoms. The molecule has 0 aliphatic carbocycles. The third kappa shape index (κ3) is 2.87. The van der Waals surface area contributed by atoms with Crippen LogP contribution in [-0.2, 0) is 17.8 Å².